The third kappa shape index (κ3) is 3.99. The van der Waals surface area contributed by atoms with E-state index in [-0.39, 0.29) is 5.41 Å². The maximum Gasteiger partial charge on any atom is 0.0466 e. The van der Waals surface area contributed by atoms with Crippen LogP contribution in [0.5, 0.6) is 0 Å². The van der Waals surface area contributed by atoms with Crippen LogP contribution >= 0.6 is 11.6 Å². The van der Waals surface area contributed by atoms with Crippen molar-refractivity contribution in [2.45, 2.75) is 49.9 Å². The van der Waals surface area contributed by atoms with Crippen LogP contribution < -0.4 is 5.73 Å². The van der Waals surface area contributed by atoms with Crippen molar-refractivity contribution in [1.29, 1.82) is 0 Å². The smallest absolute Gasteiger partial charge is 0.0466 e. The van der Waals surface area contributed by atoms with Crippen LogP contribution in [0, 0.1) is 0 Å². The SMILES string of the molecule is NCCCC(c1ccccc1)(c1ccc(C2CCCC2)cc1)c1ccccc1Cl. The van der Waals surface area contributed by atoms with E-state index in [1.165, 1.54) is 42.4 Å². The molecule has 1 aliphatic carbocycles. The van der Waals surface area contributed by atoms with Gasteiger partial charge < -0.3 is 5.73 Å². The number of hydrogen-bond acceptors (Lipinski definition) is 1. The van der Waals surface area contributed by atoms with Gasteiger partial charge in [0.1, 0.15) is 0 Å². The molecular formula is C27H30ClN. The summed E-state index contributed by atoms with van der Waals surface area (Å²) in [5.74, 6) is 0.722. The predicted octanol–water partition coefficient (Wildman–Crippen LogP) is 7.07. The van der Waals surface area contributed by atoms with Crippen molar-refractivity contribution in [3.8, 4) is 0 Å². The Hall–Kier alpha value is -2.09. The number of halogens is 1. The molecular weight excluding hydrogens is 374 g/mol. The molecule has 4 rings (SSSR count). The number of rotatable bonds is 7. The first kappa shape index (κ1) is 20.2. The van der Waals surface area contributed by atoms with E-state index in [0.29, 0.717) is 6.54 Å². The molecule has 1 fully saturated rings. The molecule has 1 unspecified atom stereocenters. The molecule has 150 valence electrons. The molecule has 3 aromatic carbocycles. The van der Waals surface area contributed by atoms with Crippen LogP contribution in [-0.4, -0.2) is 6.54 Å². The van der Waals surface area contributed by atoms with Crippen LogP contribution in [0.3, 0.4) is 0 Å². The standard InChI is InChI=1S/C27H30ClN/c28-26-14-7-6-13-25(26)27(19-8-20-29,23-11-2-1-3-12-23)24-17-15-22(16-18-24)21-9-4-5-10-21/h1-3,6-7,11-18,21H,4-5,8-10,19-20,29H2. The van der Waals surface area contributed by atoms with Gasteiger partial charge in [-0.25, -0.2) is 0 Å². The molecule has 0 aromatic heterocycles. The highest BCUT2D eigenvalue weighted by molar-refractivity contribution is 6.31. The van der Waals surface area contributed by atoms with Gasteiger partial charge in [0.25, 0.3) is 0 Å². The zero-order valence-corrected chi connectivity index (χ0v) is 17.7. The van der Waals surface area contributed by atoms with Crippen molar-refractivity contribution >= 4 is 11.6 Å². The third-order valence-electron chi connectivity index (χ3n) is 6.59. The van der Waals surface area contributed by atoms with Gasteiger partial charge in [-0.1, -0.05) is 97.2 Å². The average molecular weight is 404 g/mol. The summed E-state index contributed by atoms with van der Waals surface area (Å²) in [6, 6.07) is 28.4. The summed E-state index contributed by atoms with van der Waals surface area (Å²) in [4.78, 5) is 0. The Bertz CT molecular complexity index is 913. The first-order chi connectivity index (χ1) is 14.3. The first-order valence-corrected chi connectivity index (χ1v) is 11.2. The van der Waals surface area contributed by atoms with E-state index in [2.05, 4.69) is 66.7 Å². The van der Waals surface area contributed by atoms with Crippen molar-refractivity contribution < 1.29 is 0 Å². The van der Waals surface area contributed by atoms with E-state index in [0.717, 1.165) is 29.3 Å². The summed E-state index contributed by atoms with van der Waals surface area (Å²) in [5, 5.41) is 0.813. The maximum absolute atomic E-state index is 6.79. The van der Waals surface area contributed by atoms with E-state index >= 15 is 0 Å². The lowest BCUT2D eigenvalue weighted by molar-refractivity contribution is 0.537. The zero-order valence-electron chi connectivity index (χ0n) is 17.0. The summed E-state index contributed by atoms with van der Waals surface area (Å²) in [7, 11) is 0. The molecule has 2 N–H and O–H groups in total. The van der Waals surface area contributed by atoms with Crippen molar-refractivity contribution in [3.05, 3.63) is 106 Å². The summed E-state index contributed by atoms with van der Waals surface area (Å²) in [6.45, 7) is 0.666. The largest absolute Gasteiger partial charge is 0.330 e. The molecule has 0 aliphatic heterocycles. The fourth-order valence-electron chi connectivity index (χ4n) is 5.10. The Balaban J connectivity index is 1.88. The average Bonchev–Trinajstić information content (AvgIpc) is 3.31. The number of hydrogen-bond donors (Lipinski definition) is 1. The fraction of sp³-hybridized carbons (Fsp3) is 0.333. The highest BCUT2D eigenvalue weighted by Crippen LogP contribution is 2.46. The van der Waals surface area contributed by atoms with Gasteiger partial charge in [0.15, 0.2) is 0 Å². The minimum absolute atomic E-state index is 0.298. The Labute approximate surface area is 179 Å². The van der Waals surface area contributed by atoms with Gasteiger partial charge in [0.05, 0.1) is 0 Å². The molecule has 29 heavy (non-hydrogen) atoms. The van der Waals surface area contributed by atoms with E-state index in [1.54, 1.807) is 0 Å². The molecule has 1 aliphatic rings. The lowest BCUT2D eigenvalue weighted by Gasteiger charge is -2.37. The van der Waals surface area contributed by atoms with Crippen molar-refractivity contribution in [1.82, 2.24) is 0 Å². The van der Waals surface area contributed by atoms with Crippen molar-refractivity contribution in [2.24, 2.45) is 5.73 Å². The maximum atomic E-state index is 6.79. The normalized spacial score (nSPS) is 16.6. The van der Waals surface area contributed by atoms with Gasteiger partial charge in [-0.15, -0.1) is 0 Å². The quantitative estimate of drug-likeness (QED) is 0.419. The monoisotopic (exact) mass is 403 g/mol. The topological polar surface area (TPSA) is 26.0 Å². The van der Waals surface area contributed by atoms with Crippen LogP contribution in [0.1, 0.15) is 66.7 Å². The summed E-state index contributed by atoms with van der Waals surface area (Å²) >= 11 is 6.79. The number of benzene rings is 3. The first-order valence-electron chi connectivity index (χ1n) is 10.9. The van der Waals surface area contributed by atoms with Gasteiger partial charge >= 0.3 is 0 Å². The highest BCUT2D eigenvalue weighted by atomic mass is 35.5. The fourth-order valence-corrected chi connectivity index (χ4v) is 5.39. The second-order valence-electron chi connectivity index (χ2n) is 8.25. The molecule has 0 amide bonds. The van der Waals surface area contributed by atoms with Gasteiger partial charge in [0.2, 0.25) is 0 Å². The van der Waals surface area contributed by atoms with Crippen LogP contribution in [-0.2, 0) is 5.41 Å². The van der Waals surface area contributed by atoms with Gasteiger partial charge in [-0.05, 0) is 66.5 Å². The Kier molecular flexibility index (Phi) is 6.37. The lowest BCUT2D eigenvalue weighted by atomic mass is 9.66. The molecule has 1 saturated carbocycles. The molecule has 0 bridgehead atoms. The minimum atomic E-state index is -0.298. The second-order valence-corrected chi connectivity index (χ2v) is 8.65. The second kappa shape index (κ2) is 9.15. The predicted molar refractivity (Wildman–Crippen MR) is 124 cm³/mol. The van der Waals surface area contributed by atoms with Gasteiger partial charge in [-0.3, -0.25) is 0 Å². The van der Waals surface area contributed by atoms with Crippen molar-refractivity contribution in [3.63, 3.8) is 0 Å². The zero-order chi connectivity index (χ0) is 20.1. The minimum Gasteiger partial charge on any atom is -0.330 e. The molecule has 1 nitrogen and oxygen atoms in total. The lowest BCUT2D eigenvalue weighted by Crippen LogP contribution is -2.30. The molecule has 0 heterocycles. The van der Waals surface area contributed by atoms with E-state index in [9.17, 15) is 0 Å². The van der Waals surface area contributed by atoms with Gasteiger partial charge in [0, 0.05) is 10.4 Å². The highest BCUT2D eigenvalue weighted by Gasteiger charge is 2.37. The third-order valence-corrected chi connectivity index (χ3v) is 6.92. The van der Waals surface area contributed by atoms with E-state index < -0.39 is 0 Å². The van der Waals surface area contributed by atoms with E-state index in [1.807, 2.05) is 12.1 Å². The van der Waals surface area contributed by atoms with Crippen LogP contribution in [0.25, 0.3) is 0 Å². The van der Waals surface area contributed by atoms with Crippen LogP contribution in [0.2, 0.25) is 5.02 Å². The Morgan fingerprint density at radius 2 is 1.41 bits per heavy atom. The molecule has 0 radical (unpaired) electrons. The summed E-state index contributed by atoms with van der Waals surface area (Å²) in [5.41, 5.74) is 10.9. The van der Waals surface area contributed by atoms with Crippen LogP contribution in [0.4, 0.5) is 0 Å². The number of nitrogens with two attached hydrogens (primary N) is 1. The Morgan fingerprint density at radius 1 is 0.793 bits per heavy atom. The summed E-state index contributed by atoms with van der Waals surface area (Å²) < 4.78 is 0. The summed E-state index contributed by atoms with van der Waals surface area (Å²) in [6.07, 6.45) is 7.22. The molecule has 3 aromatic rings. The van der Waals surface area contributed by atoms with Crippen molar-refractivity contribution in [2.75, 3.05) is 6.54 Å². The Morgan fingerprint density at radius 3 is 2.07 bits per heavy atom. The van der Waals surface area contributed by atoms with Gasteiger partial charge in [-0.2, -0.15) is 0 Å². The molecule has 0 spiro atoms. The molecule has 0 saturated heterocycles. The molecule has 1 atom stereocenters. The molecule has 2 heteroatoms. The van der Waals surface area contributed by atoms with E-state index in [4.69, 9.17) is 17.3 Å². The van der Waals surface area contributed by atoms with Crippen LogP contribution in [0.15, 0.2) is 78.9 Å².